The molecule has 1 aromatic heterocycles. The molecule has 4 heteroatoms. The Morgan fingerprint density at radius 2 is 1.12 bits per heavy atom. The van der Waals surface area contributed by atoms with Crippen LogP contribution in [0.5, 0.6) is 0 Å². The van der Waals surface area contributed by atoms with Crippen LogP contribution in [-0.2, 0) is 0 Å². The summed E-state index contributed by atoms with van der Waals surface area (Å²) in [5.74, 6) is 1.45. The van der Waals surface area contributed by atoms with Gasteiger partial charge in [0.15, 0.2) is 5.84 Å². The van der Waals surface area contributed by atoms with E-state index in [1.54, 1.807) is 0 Å². The van der Waals surface area contributed by atoms with E-state index in [0.717, 1.165) is 60.6 Å². The maximum atomic E-state index is 6.68. The molecule has 0 spiro atoms. The minimum absolute atomic E-state index is 0.320. The predicted octanol–water partition coefficient (Wildman–Crippen LogP) is 11.7. The summed E-state index contributed by atoms with van der Waals surface area (Å²) >= 11 is 0. The van der Waals surface area contributed by atoms with Crippen LogP contribution in [0.1, 0.15) is 22.9 Å². The Morgan fingerprint density at radius 3 is 1.88 bits per heavy atom. The molecule has 4 nitrogen and oxygen atoms in total. The van der Waals surface area contributed by atoms with Gasteiger partial charge in [-0.05, 0) is 68.2 Å². The van der Waals surface area contributed by atoms with E-state index in [1.807, 2.05) is 18.2 Å². The molecule has 10 rings (SSSR count). The topological polar surface area (TPSA) is 49.9 Å². The van der Waals surface area contributed by atoms with Crippen molar-refractivity contribution in [2.24, 2.45) is 9.98 Å². The Balaban J connectivity index is 1.16. The molecule has 0 aliphatic carbocycles. The van der Waals surface area contributed by atoms with Crippen molar-refractivity contribution in [2.75, 3.05) is 0 Å². The van der Waals surface area contributed by atoms with Crippen LogP contribution in [0.2, 0.25) is 0 Å². The smallest absolute Gasteiger partial charge is 0.160 e. The van der Waals surface area contributed by atoms with Gasteiger partial charge in [0.05, 0.1) is 0 Å². The van der Waals surface area contributed by atoms with Gasteiger partial charge in [-0.3, -0.25) is 0 Å². The molecule has 8 aromatic carbocycles. The number of rotatable bonds is 5. The second-order valence-electron chi connectivity index (χ2n) is 13.0. The summed E-state index contributed by atoms with van der Waals surface area (Å²) in [6.07, 6.45) is -0.320. The fourth-order valence-electron chi connectivity index (χ4n) is 7.42. The summed E-state index contributed by atoms with van der Waals surface area (Å²) in [5.41, 5.74) is 9.43. The Labute approximate surface area is 295 Å². The average molecular weight is 654 g/mol. The van der Waals surface area contributed by atoms with Crippen molar-refractivity contribution in [3.8, 4) is 22.3 Å². The van der Waals surface area contributed by atoms with Gasteiger partial charge in [0, 0.05) is 27.3 Å². The van der Waals surface area contributed by atoms with Gasteiger partial charge in [-0.15, -0.1) is 0 Å². The number of nitrogens with zero attached hydrogens (tertiary/aromatic N) is 2. The number of hydrogen-bond donors (Lipinski definition) is 1. The zero-order valence-electron chi connectivity index (χ0n) is 27.6. The number of hydrogen-bond acceptors (Lipinski definition) is 4. The molecular weight excluding hydrogens is 623 g/mol. The van der Waals surface area contributed by atoms with Crippen LogP contribution in [0, 0.1) is 0 Å². The number of aliphatic imine (C=N–C) groups is 2. The monoisotopic (exact) mass is 653 g/mol. The van der Waals surface area contributed by atoms with Gasteiger partial charge < -0.3 is 9.73 Å². The number of furan rings is 1. The summed E-state index contributed by atoms with van der Waals surface area (Å²) in [6.45, 7) is 0. The quantitative estimate of drug-likeness (QED) is 0.201. The van der Waals surface area contributed by atoms with Crippen molar-refractivity contribution >= 4 is 55.2 Å². The van der Waals surface area contributed by atoms with Crippen molar-refractivity contribution in [1.29, 1.82) is 0 Å². The van der Waals surface area contributed by atoms with Crippen molar-refractivity contribution in [2.45, 2.75) is 6.17 Å². The third-order valence-electron chi connectivity index (χ3n) is 9.91. The molecule has 0 radical (unpaired) electrons. The van der Waals surface area contributed by atoms with Crippen LogP contribution in [0.4, 0.5) is 0 Å². The lowest BCUT2D eigenvalue weighted by molar-refractivity contribution is 0.671. The summed E-state index contributed by atoms with van der Waals surface area (Å²) in [4.78, 5) is 10.5. The highest BCUT2D eigenvalue weighted by atomic mass is 16.3. The second-order valence-corrected chi connectivity index (χ2v) is 13.0. The van der Waals surface area contributed by atoms with E-state index >= 15 is 0 Å². The Kier molecular flexibility index (Phi) is 6.85. The van der Waals surface area contributed by atoms with Crippen LogP contribution < -0.4 is 5.32 Å². The molecule has 1 unspecified atom stereocenters. The summed E-state index contributed by atoms with van der Waals surface area (Å²) in [6, 6.07) is 61.6. The SMILES string of the molecule is c1ccc(-c2ccc3cc(C4=NC(c5cccc6oc7c8ccccc8c(-c8ccccc8)cc7c56)=NC(c5ccccc5)N4)ccc3c2)cc1. The van der Waals surface area contributed by atoms with Crippen LogP contribution >= 0.6 is 0 Å². The summed E-state index contributed by atoms with van der Waals surface area (Å²) in [5, 5.41) is 10.3. The van der Waals surface area contributed by atoms with E-state index in [4.69, 9.17) is 14.4 Å². The van der Waals surface area contributed by atoms with Crippen molar-refractivity contribution < 1.29 is 4.42 Å². The Bertz CT molecular complexity index is 2820. The molecule has 1 N–H and O–H groups in total. The lowest BCUT2D eigenvalue weighted by atomic mass is 9.94. The van der Waals surface area contributed by atoms with Gasteiger partial charge in [0.1, 0.15) is 23.2 Å². The first kappa shape index (κ1) is 29.2. The van der Waals surface area contributed by atoms with Crippen molar-refractivity contribution in [3.63, 3.8) is 0 Å². The Hall–Kier alpha value is -6.78. The van der Waals surface area contributed by atoms with Gasteiger partial charge in [-0.1, -0.05) is 152 Å². The summed E-state index contributed by atoms with van der Waals surface area (Å²) < 4.78 is 6.68. The normalized spacial score (nSPS) is 14.5. The highest BCUT2D eigenvalue weighted by Crippen LogP contribution is 2.41. The first-order chi connectivity index (χ1) is 25.3. The lowest BCUT2D eigenvalue weighted by Crippen LogP contribution is -2.33. The predicted molar refractivity (Wildman–Crippen MR) is 211 cm³/mol. The van der Waals surface area contributed by atoms with Gasteiger partial charge in [-0.2, -0.15) is 0 Å². The third-order valence-corrected chi connectivity index (χ3v) is 9.91. The highest BCUT2D eigenvalue weighted by Gasteiger charge is 2.24. The standard InChI is InChI=1S/C47H31N3O/c1-4-13-30(14-5-1)33-23-24-35-28-36(26-25-34(35)27-33)46-48-45(32-17-8-3-9-18-32)49-47(50-46)39-21-12-22-42-43(39)41-29-40(31-15-6-2-7-16-31)37-19-10-11-20-38(37)44(41)51-42/h1-29,45H,(H,48,49,50). The van der Waals surface area contributed by atoms with Crippen LogP contribution in [0.25, 0.3) is 65.7 Å². The first-order valence-electron chi connectivity index (χ1n) is 17.3. The maximum Gasteiger partial charge on any atom is 0.160 e. The van der Waals surface area contributed by atoms with Crippen LogP contribution in [-0.4, -0.2) is 11.7 Å². The van der Waals surface area contributed by atoms with Gasteiger partial charge in [0.25, 0.3) is 0 Å². The van der Waals surface area contributed by atoms with Gasteiger partial charge in [0.2, 0.25) is 0 Å². The first-order valence-corrected chi connectivity index (χ1v) is 17.3. The number of benzene rings is 8. The maximum absolute atomic E-state index is 6.68. The molecule has 240 valence electrons. The molecule has 2 heterocycles. The van der Waals surface area contributed by atoms with E-state index in [-0.39, 0.29) is 6.17 Å². The minimum atomic E-state index is -0.320. The fourth-order valence-corrected chi connectivity index (χ4v) is 7.42. The van der Waals surface area contributed by atoms with E-state index in [1.165, 1.54) is 27.6 Å². The van der Waals surface area contributed by atoms with E-state index in [2.05, 4.69) is 163 Å². The van der Waals surface area contributed by atoms with E-state index in [0.29, 0.717) is 5.84 Å². The zero-order chi connectivity index (χ0) is 33.7. The summed E-state index contributed by atoms with van der Waals surface area (Å²) in [7, 11) is 0. The van der Waals surface area contributed by atoms with E-state index in [9.17, 15) is 0 Å². The number of amidine groups is 2. The average Bonchev–Trinajstić information content (AvgIpc) is 3.60. The largest absolute Gasteiger partial charge is 0.455 e. The molecule has 1 aliphatic heterocycles. The molecule has 0 amide bonds. The number of fused-ring (bicyclic) bond motifs is 6. The lowest BCUT2D eigenvalue weighted by Gasteiger charge is -2.24. The Morgan fingerprint density at radius 1 is 0.471 bits per heavy atom. The van der Waals surface area contributed by atoms with Crippen molar-refractivity contribution in [3.05, 3.63) is 193 Å². The molecule has 9 aromatic rings. The molecule has 0 saturated heterocycles. The molecule has 1 atom stereocenters. The third kappa shape index (κ3) is 5.08. The molecule has 1 aliphatic rings. The van der Waals surface area contributed by atoms with Crippen LogP contribution in [0.3, 0.4) is 0 Å². The zero-order valence-corrected chi connectivity index (χ0v) is 27.6. The highest BCUT2D eigenvalue weighted by molar-refractivity contribution is 6.26. The minimum Gasteiger partial charge on any atom is -0.455 e. The van der Waals surface area contributed by atoms with E-state index < -0.39 is 0 Å². The molecular formula is C47H31N3O. The molecule has 51 heavy (non-hydrogen) atoms. The number of nitrogens with one attached hydrogen (secondary N) is 1. The molecule has 0 fully saturated rings. The van der Waals surface area contributed by atoms with Crippen LogP contribution in [0.15, 0.2) is 190 Å². The van der Waals surface area contributed by atoms with Gasteiger partial charge in [-0.25, -0.2) is 9.98 Å². The second kappa shape index (κ2) is 12.0. The fraction of sp³-hybridized carbons (Fsp3) is 0.0213. The van der Waals surface area contributed by atoms with Crippen molar-refractivity contribution in [1.82, 2.24) is 5.32 Å². The molecule has 0 bridgehead atoms. The molecule has 0 saturated carbocycles. The van der Waals surface area contributed by atoms with Gasteiger partial charge >= 0.3 is 0 Å².